The summed E-state index contributed by atoms with van der Waals surface area (Å²) in [6.45, 7) is 2.86. The Hall–Kier alpha value is -5.14. The zero-order valence-electron chi connectivity index (χ0n) is 24.2. The summed E-state index contributed by atoms with van der Waals surface area (Å²) in [5.74, 6) is 0.187. The van der Waals surface area contributed by atoms with Gasteiger partial charge in [0.1, 0.15) is 11.4 Å². The van der Waals surface area contributed by atoms with Gasteiger partial charge in [-0.3, -0.25) is 9.59 Å². The maximum atomic E-state index is 14.1. The average Bonchev–Trinajstić information content (AvgIpc) is 3.36. The van der Waals surface area contributed by atoms with Crippen molar-refractivity contribution in [2.45, 2.75) is 26.1 Å². The number of aliphatic hydroxyl groups is 1. The number of benzene rings is 4. The van der Waals surface area contributed by atoms with Crippen molar-refractivity contribution in [2.75, 3.05) is 18.6 Å². The predicted molar refractivity (Wildman–Crippen MR) is 167 cm³/mol. The number of ether oxygens (including phenoxy) is 1. The fourth-order valence-electron chi connectivity index (χ4n) is 5.69. The number of aliphatic hydroxyl groups excluding tert-OH is 1. The summed E-state index contributed by atoms with van der Waals surface area (Å²) in [5.41, 5.74) is 7.38. The molecule has 6 rings (SSSR count). The van der Waals surface area contributed by atoms with Crippen LogP contribution in [0.1, 0.15) is 49.3 Å². The predicted octanol–water partition coefficient (Wildman–Crippen LogP) is 6.14. The number of hydrogen-bond acceptors (Lipinski definition) is 4. The Bertz CT molecular complexity index is 1790. The Morgan fingerprint density at radius 1 is 0.860 bits per heavy atom. The molecule has 1 aliphatic rings. The first-order valence-corrected chi connectivity index (χ1v) is 14.3. The molecule has 7 heteroatoms. The van der Waals surface area contributed by atoms with E-state index in [9.17, 15) is 14.7 Å². The third-order valence-corrected chi connectivity index (χ3v) is 8.00. The van der Waals surface area contributed by atoms with E-state index >= 15 is 0 Å². The Morgan fingerprint density at radius 3 is 2.40 bits per heavy atom. The van der Waals surface area contributed by atoms with Crippen LogP contribution in [0.2, 0.25) is 0 Å². The number of aromatic nitrogens is 1. The number of amides is 2. The number of carbonyl (C=O) groups excluding carboxylic acids is 2. The largest absolute Gasteiger partial charge is 0.496 e. The number of methoxy groups -OCH3 is 1. The van der Waals surface area contributed by atoms with E-state index in [1.54, 1.807) is 24.1 Å². The fourth-order valence-corrected chi connectivity index (χ4v) is 5.69. The number of carbonyl (C=O) groups is 2. The number of nitrogens with zero attached hydrogens (tertiary/aromatic N) is 2. The molecule has 0 aliphatic carbocycles. The lowest BCUT2D eigenvalue weighted by Crippen LogP contribution is -2.31. The second kappa shape index (κ2) is 12.0. The summed E-state index contributed by atoms with van der Waals surface area (Å²) in [6.07, 6.45) is -0.813. The number of para-hydroxylation sites is 1. The van der Waals surface area contributed by atoms with Crippen molar-refractivity contribution in [2.24, 2.45) is 0 Å². The number of fused-ring (bicyclic) bond motifs is 2. The molecule has 2 amide bonds. The SMILES string of the molecule is COc1cc(C(=O)N2Cc3ccc(C(=O)NCC(O)c4ccccc4)n3Cc3ccccc32)ccc1-c1ccccc1C. The van der Waals surface area contributed by atoms with E-state index in [2.05, 4.69) is 18.3 Å². The van der Waals surface area contributed by atoms with Crippen LogP contribution in [0.5, 0.6) is 5.75 Å². The topological polar surface area (TPSA) is 83.8 Å². The normalized spacial score (nSPS) is 13.0. The van der Waals surface area contributed by atoms with Gasteiger partial charge in [-0.1, -0.05) is 72.8 Å². The molecule has 216 valence electrons. The Labute approximate surface area is 251 Å². The highest BCUT2D eigenvalue weighted by Gasteiger charge is 2.28. The van der Waals surface area contributed by atoms with E-state index in [4.69, 9.17) is 4.74 Å². The number of rotatable bonds is 7. The molecular formula is C36H33N3O4. The molecule has 0 saturated carbocycles. The van der Waals surface area contributed by atoms with Crippen LogP contribution in [0.25, 0.3) is 11.1 Å². The molecule has 0 fully saturated rings. The van der Waals surface area contributed by atoms with E-state index in [-0.39, 0.29) is 24.9 Å². The van der Waals surface area contributed by atoms with Gasteiger partial charge in [0.15, 0.2) is 0 Å². The molecule has 43 heavy (non-hydrogen) atoms. The van der Waals surface area contributed by atoms with E-state index in [0.29, 0.717) is 23.6 Å². The van der Waals surface area contributed by atoms with E-state index in [1.807, 2.05) is 95.6 Å². The first-order valence-electron chi connectivity index (χ1n) is 14.3. The van der Waals surface area contributed by atoms with Crippen LogP contribution in [-0.2, 0) is 13.1 Å². The van der Waals surface area contributed by atoms with Gasteiger partial charge in [0.2, 0.25) is 0 Å². The highest BCUT2D eigenvalue weighted by atomic mass is 16.5. The maximum absolute atomic E-state index is 14.1. The van der Waals surface area contributed by atoms with E-state index in [1.165, 1.54) is 0 Å². The summed E-state index contributed by atoms with van der Waals surface area (Å²) in [6, 6.07) is 34.3. The molecule has 2 N–H and O–H groups in total. The lowest BCUT2D eigenvalue weighted by Gasteiger charge is -2.23. The zero-order valence-corrected chi connectivity index (χ0v) is 24.2. The minimum atomic E-state index is -0.813. The van der Waals surface area contributed by atoms with Crippen molar-refractivity contribution in [3.63, 3.8) is 0 Å². The molecule has 4 aromatic carbocycles. The van der Waals surface area contributed by atoms with Crippen molar-refractivity contribution < 1.29 is 19.4 Å². The molecule has 2 heterocycles. The summed E-state index contributed by atoms with van der Waals surface area (Å²) in [7, 11) is 1.62. The van der Waals surface area contributed by atoms with Crippen molar-refractivity contribution in [1.29, 1.82) is 0 Å². The standard InChI is InChI=1S/C36H33N3O4/c1-24-10-6-8-14-29(24)30-18-16-26(20-34(30)43-2)36(42)39-23-28-17-19-32(38(28)22-27-13-7-9-15-31(27)39)35(41)37-21-33(40)25-11-4-3-5-12-25/h3-20,33,40H,21-23H2,1-2H3,(H,37,41). The lowest BCUT2D eigenvalue weighted by molar-refractivity contribution is 0.0907. The van der Waals surface area contributed by atoms with Gasteiger partial charge >= 0.3 is 0 Å². The van der Waals surface area contributed by atoms with Crippen LogP contribution in [0.4, 0.5) is 5.69 Å². The van der Waals surface area contributed by atoms with Crippen molar-refractivity contribution in [3.8, 4) is 16.9 Å². The van der Waals surface area contributed by atoms with Crippen molar-refractivity contribution in [3.05, 3.63) is 143 Å². The minimum Gasteiger partial charge on any atom is -0.496 e. The molecule has 1 atom stereocenters. The molecule has 1 unspecified atom stereocenters. The molecule has 5 aromatic rings. The molecule has 1 aliphatic heterocycles. The third kappa shape index (κ3) is 5.55. The van der Waals surface area contributed by atoms with Crippen LogP contribution in [-0.4, -0.2) is 35.1 Å². The van der Waals surface area contributed by atoms with E-state index < -0.39 is 6.10 Å². The molecule has 0 radical (unpaired) electrons. The molecule has 0 spiro atoms. The molecule has 0 bridgehead atoms. The lowest BCUT2D eigenvalue weighted by atomic mass is 9.98. The average molecular weight is 572 g/mol. The maximum Gasteiger partial charge on any atom is 0.268 e. The van der Waals surface area contributed by atoms with E-state index in [0.717, 1.165) is 39.2 Å². The van der Waals surface area contributed by atoms with Gasteiger partial charge in [-0.25, -0.2) is 0 Å². The second-order valence-corrected chi connectivity index (χ2v) is 10.7. The van der Waals surface area contributed by atoms with Gasteiger partial charge in [-0.2, -0.15) is 0 Å². The second-order valence-electron chi connectivity index (χ2n) is 10.7. The molecule has 7 nitrogen and oxygen atoms in total. The first kappa shape index (κ1) is 28.0. The van der Waals surface area contributed by atoms with Gasteiger partial charge in [0, 0.05) is 29.1 Å². The van der Waals surface area contributed by atoms with Crippen LogP contribution >= 0.6 is 0 Å². The van der Waals surface area contributed by atoms with Gasteiger partial charge in [-0.05, 0) is 65.6 Å². The smallest absolute Gasteiger partial charge is 0.268 e. The number of aryl methyl sites for hydroxylation is 1. The van der Waals surface area contributed by atoms with Gasteiger partial charge < -0.3 is 24.6 Å². The summed E-state index contributed by atoms with van der Waals surface area (Å²) in [5, 5.41) is 13.4. The summed E-state index contributed by atoms with van der Waals surface area (Å²) >= 11 is 0. The minimum absolute atomic E-state index is 0.0882. The number of hydrogen-bond donors (Lipinski definition) is 2. The number of anilines is 1. The van der Waals surface area contributed by atoms with Crippen LogP contribution in [0.3, 0.4) is 0 Å². The van der Waals surface area contributed by atoms with Gasteiger partial charge in [0.25, 0.3) is 11.8 Å². The highest BCUT2D eigenvalue weighted by Crippen LogP contribution is 2.35. The van der Waals surface area contributed by atoms with Crippen LogP contribution in [0, 0.1) is 6.92 Å². The summed E-state index contributed by atoms with van der Waals surface area (Å²) in [4.78, 5) is 29.2. The molecule has 0 saturated heterocycles. The zero-order chi connectivity index (χ0) is 29.9. The van der Waals surface area contributed by atoms with Crippen LogP contribution < -0.4 is 15.0 Å². The number of nitrogens with one attached hydrogen (secondary N) is 1. The van der Waals surface area contributed by atoms with Crippen LogP contribution in [0.15, 0.2) is 109 Å². The Balaban J connectivity index is 1.28. The first-order chi connectivity index (χ1) is 20.9. The quantitative estimate of drug-likeness (QED) is 0.246. The van der Waals surface area contributed by atoms with Gasteiger partial charge in [0.05, 0.1) is 26.3 Å². The van der Waals surface area contributed by atoms with Crippen molar-refractivity contribution >= 4 is 17.5 Å². The Morgan fingerprint density at radius 2 is 1.60 bits per heavy atom. The third-order valence-electron chi connectivity index (χ3n) is 8.00. The molecule has 1 aromatic heterocycles. The fraction of sp³-hybridized carbons (Fsp3) is 0.167. The monoisotopic (exact) mass is 571 g/mol. The Kier molecular flexibility index (Phi) is 7.81. The van der Waals surface area contributed by atoms with Crippen molar-refractivity contribution in [1.82, 2.24) is 9.88 Å². The molecular weight excluding hydrogens is 538 g/mol. The van der Waals surface area contributed by atoms with Gasteiger partial charge in [-0.15, -0.1) is 0 Å². The summed E-state index contributed by atoms with van der Waals surface area (Å²) < 4.78 is 7.69. The highest BCUT2D eigenvalue weighted by molar-refractivity contribution is 6.07.